The molecule has 3 rings (SSSR count). The minimum absolute atomic E-state index is 0.0295. The molecule has 4 heteroatoms. The van der Waals surface area contributed by atoms with Gasteiger partial charge < -0.3 is 9.64 Å². The number of hydrogen-bond acceptors (Lipinski definition) is 2. The summed E-state index contributed by atoms with van der Waals surface area (Å²) in [5.74, 6) is 0. The highest BCUT2D eigenvalue weighted by molar-refractivity contribution is 9.10. The zero-order chi connectivity index (χ0) is 21.9. The smallest absolute Gasteiger partial charge is 0.411 e. The van der Waals surface area contributed by atoms with Gasteiger partial charge in [0.1, 0.15) is 5.60 Å². The van der Waals surface area contributed by atoms with Crippen molar-refractivity contribution in [3.8, 4) is 0 Å². The van der Waals surface area contributed by atoms with E-state index in [1.807, 2.05) is 30.0 Å². The number of ether oxygens (including phenoxy) is 1. The second-order valence-electron chi connectivity index (χ2n) is 9.39. The minimum atomic E-state index is -0.597. The van der Waals surface area contributed by atoms with Crippen LogP contribution in [0.1, 0.15) is 70.2 Å². The summed E-state index contributed by atoms with van der Waals surface area (Å²) >= 11 is 3.48. The van der Waals surface area contributed by atoms with Crippen LogP contribution in [0.5, 0.6) is 0 Å². The van der Waals surface area contributed by atoms with Crippen molar-refractivity contribution in [3.05, 3.63) is 75.8 Å². The molecule has 1 fully saturated rings. The highest BCUT2D eigenvalue weighted by atomic mass is 79.9. The van der Waals surface area contributed by atoms with Gasteiger partial charge in [-0.1, -0.05) is 85.3 Å². The minimum Gasteiger partial charge on any atom is -0.438 e. The van der Waals surface area contributed by atoms with Crippen LogP contribution in [-0.2, 0) is 10.3 Å². The Morgan fingerprint density at radius 3 is 2.30 bits per heavy atom. The molecule has 2 aromatic carbocycles. The van der Waals surface area contributed by atoms with Gasteiger partial charge in [-0.3, -0.25) is 0 Å². The van der Waals surface area contributed by atoms with E-state index in [0.29, 0.717) is 6.54 Å². The zero-order valence-electron chi connectivity index (χ0n) is 18.6. The Balaban J connectivity index is 1.87. The molecule has 1 heterocycles. The van der Waals surface area contributed by atoms with E-state index in [-0.39, 0.29) is 17.6 Å². The van der Waals surface area contributed by atoms with Crippen molar-refractivity contribution in [1.82, 2.24) is 4.90 Å². The van der Waals surface area contributed by atoms with Gasteiger partial charge in [-0.15, -0.1) is 0 Å². The van der Waals surface area contributed by atoms with Crippen LogP contribution in [0.2, 0.25) is 0 Å². The van der Waals surface area contributed by atoms with Crippen molar-refractivity contribution >= 4 is 28.1 Å². The largest absolute Gasteiger partial charge is 0.438 e. The molecule has 0 radical (unpaired) electrons. The number of benzene rings is 2. The average molecular weight is 470 g/mol. The van der Waals surface area contributed by atoms with Crippen LogP contribution < -0.4 is 0 Å². The van der Waals surface area contributed by atoms with Crippen LogP contribution in [-0.4, -0.2) is 17.5 Å². The van der Waals surface area contributed by atoms with Crippen LogP contribution in [0.3, 0.4) is 0 Å². The Morgan fingerprint density at radius 1 is 1.13 bits per heavy atom. The van der Waals surface area contributed by atoms with Crippen LogP contribution in [0.25, 0.3) is 6.08 Å². The number of carbonyl (C=O) groups excluding carboxylic acids is 1. The molecule has 2 atom stereocenters. The molecule has 0 aliphatic carbocycles. The predicted molar refractivity (Wildman–Crippen MR) is 127 cm³/mol. The molecule has 30 heavy (non-hydrogen) atoms. The molecule has 160 valence electrons. The number of halogens is 1. The Kier molecular flexibility index (Phi) is 6.76. The van der Waals surface area contributed by atoms with Crippen molar-refractivity contribution in [2.75, 3.05) is 6.54 Å². The quantitative estimate of drug-likeness (QED) is 0.448. The molecule has 1 aliphatic rings. The highest BCUT2D eigenvalue weighted by Crippen LogP contribution is 2.44. The molecule has 1 aliphatic heterocycles. The lowest BCUT2D eigenvalue weighted by Crippen LogP contribution is -2.50. The molecule has 0 bridgehead atoms. The van der Waals surface area contributed by atoms with E-state index >= 15 is 0 Å². The van der Waals surface area contributed by atoms with Crippen LogP contribution in [0.4, 0.5) is 4.79 Å². The van der Waals surface area contributed by atoms with Gasteiger partial charge in [-0.05, 0) is 54.5 Å². The predicted octanol–water partition coefficient (Wildman–Crippen LogP) is 7.72. The molecule has 2 aromatic rings. The Bertz CT molecular complexity index is 896. The number of carbonyl (C=O) groups is 1. The average Bonchev–Trinajstić information content (AvgIpc) is 2.68. The topological polar surface area (TPSA) is 29.5 Å². The van der Waals surface area contributed by atoms with Crippen LogP contribution in [0, 0.1) is 5.41 Å². The summed E-state index contributed by atoms with van der Waals surface area (Å²) in [7, 11) is 0. The Hall–Kier alpha value is -2.07. The molecule has 0 spiro atoms. The molecular weight excluding hydrogens is 438 g/mol. The summed E-state index contributed by atoms with van der Waals surface area (Å²) in [6.45, 7) is 11.4. The molecule has 2 unspecified atom stereocenters. The zero-order valence-corrected chi connectivity index (χ0v) is 20.2. The highest BCUT2D eigenvalue weighted by Gasteiger charge is 2.45. The molecular formula is C26H32BrNO2. The van der Waals surface area contributed by atoms with Gasteiger partial charge in [-0.2, -0.15) is 0 Å². The summed E-state index contributed by atoms with van der Waals surface area (Å²) in [6, 6.07) is 16.5. The standard InChI is InChI=1S/C26H32BrNO2/c1-6-7-20-8-12-22(13-9-20)26(18-25(3,4)5)16-17-28(24(29)30-26)19(2)21-10-14-23(27)15-11-21/h6-15,19H,16-18H2,1-5H3. The second kappa shape index (κ2) is 8.97. The fourth-order valence-corrected chi connectivity index (χ4v) is 4.58. The lowest BCUT2D eigenvalue weighted by atomic mass is 9.75. The lowest BCUT2D eigenvalue weighted by molar-refractivity contribution is -0.0805. The van der Waals surface area contributed by atoms with Crippen LogP contribution >= 0.6 is 15.9 Å². The first-order valence-electron chi connectivity index (χ1n) is 10.6. The number of allylic oxidation sites excluding steroid dienone is 1. The summed E-state index contributed by atoms with van der Waals surface area (Å²) in [6.07, 6.45) is 5.43. The van der Waals surface area contributed by atoms with Gasteiger partial charge in [0.25, 0.3) is 0 Å². The second-order valence-corrected chi connectivity index (χ2v) is 10.3. The fraction of sp³-hybridized carbons (Fsp3) is 0.423. The molecule has 3 nitrogen and oxygen atoms in total. The van der Waals surface area contributed by atoms with Gasteiger partial charge in [0.15, 0.2) is 0 Å². The normalized spacial score (nSPS) is 21.0. The SMILES string of the molecule is CC=Cc1ccc(C2(CC(C)(C)C)CCN(C(C)c3ccc(Br)cc3)C(=O)O2)cc1. The van der Waals surface area contributed by atoms with E-state index in [1.165, 1.54) is 0 Å². The molecule has 1 saturated heterocycles. The fourth-order valence-electron chi connectivity index (χ4n) is 4.32. The van der Waals surface area contributed by atoms with Crippen molar-refractivity contribution in [3.63, 3.8) is 0 Å². The third-order valence-corrected chi connectivity index (χ3v) is 6.23. The van der Waals surface area contributed by atoms with E-state index in [9.17, 15) is 4.79 Å². The molecule has 0 saturated carbocycles. The van der Waals surface area contributed by atoms with E-state index in [2.05, 4.69) is 86.1 Å². The number of hydrogen-bond donors (Lipinski definition) is 0. The van der Waals surface area contributed by atoms with Gasteiger partial charge in [0.2, 0.25) is 0 Å². The van der Waals surface area contributed by atoms with Crippen LogP contribution in [0.15, 0.2) is 59.1 Å². The van der Waals surface area contributed by atoms with Gasteiger partial charge in [0, 0.05) is 17.4 Å². The third-order valence-electron chi connectivity index (χ3n) is 5.71. The first-order valence-corrected chi connectivity index (χ1v) is 11.4. The molecule has 1 amide bonds. The molecule has 0 aromatic heterocycles. The first kappa shape index (κ1) is 22.6. The summed E-state index contributed by atoms with van der Waals surface area (Å²) < 4.78 is 7.31. The van der Waals surface area contributed by atoms with E-state index in [4.69, 9.17) is 4.74 Å². The summed E-state index contributed by atoms with van der Waals surface area (Å²) in [5.41, 5.74) is 2.77. The summed E-state index contributed by atoms with van der Waals surface area (Å²) in [4.78, 5) is 15.0. The number of nitrogens with zero attached hydrogens (tertiary/aromatic N) is 1. The number of rotatable bonds is 5. The van der Waals surface area contributed by atoms with Gasteiger partial charge in [0.05, 0.1) is 6.04 Å². The summed E-state index contributed by atoms with van der Waals surface area (Å²) in [5, 5.41) is 0. The number of cyclic esters (lactones) is 1. The monoisotopic (exact) mass is 469 g/mol. The van der Waals surface area contributed by atoms with E-state index in [1.54, 1.807) is 0 Å². The maximum Gasteiger partial charge on any atom is 0.411 e. The maximum absolute atomic E-state index is 13.2. The van der Waals surface area contributed by atoms with Crippen molar-refractivity contribution in [1.29, 1.82) is 0 Å². The first-order chi connectivity index (χ1) is 14.1. The molecule has 0 N–H and O–H groups in total. The van der Waals surface area contributed by atoms with E-state index in [0.717, 1.165) is 34.0 Å². The Morgan fingerprint density at radius 2 is 1.77 bits per heavy atom. The van der Waals surface area contributed by atoms with Crippen molar-refractivity contribution in [2.45, 2.75) is 59.1 Å². The Labute approximate surface area is 189 Å². The van der Waals surface area contributed by atoms with Gasteiger partial charge in [-0.25, -0.2) is 4.79 Å². The van der Waals surface area contributed by atoms with E-state index < -0.39 is 5.60 Å². The lowest BCUT2D eigenvalue weighted by Gasteiger charge is -2.46. The maximum atomic E-state index is 13.2. The van der Waals surface area contributed by atoms with Crippen molar-refractivity contribution in [2.24, 2.45) is 5.41 Å². The third kappa shape index (κ3) is 5.15. The van der Waals surface area contributed by atoms with Gasteiger partial charge >= 0.3 is 6.09 Å². The number of amides is 1. The van der Waals surface area contributed by atoms with Crippen molar-refractivity contribution < 1.29 is 9.53 Å².